The van der Waals surface area contributed by atoms with Gasteiger partial charge in [0.2, 0.25) is 12.2 Å². The maximum absolute atomic E-state index is 10.6. The maximum atomic E-state index is 10.6. The van der Waals surface area contributed by atoms with Crippen molar-refractivity contribution in [2.75, 3.05) is 0 Å². The monoisotopic (exact) mass is 306 g/mol. The van der Waals surface area contributed by atoms with E-state index in [1.54, 1.807) is 0 Å². The number of hydrogen-bond donors (Lipinski definition) is 3. The summed E-state index contributed by atoms with van der Waals surface area (Å²) in [6.07, 6.45) is 2.74. The van der Waals surface area contributed by atoms with E-state index in [1.165, 1.54) is 18.2 Å². The number of carbonyl (C=O) groups excluding carboxylic acids is 2. The summed E-state index contributed by atoms with van der Waals surface area (Å²) in [4.78, 5) is 28.1. The van der Waals surface area contributed by atoms with Crippen molar-refractivity contribution < 1.29 is 24.9 Å². The largest absolute Gasteiger partial charge is 0.392 e. The highest BCUT2D eigenvalue weighted by Gasteiger charge is 2.22. The van der Waals surface area contributed by atoms with Gasteiger partial charge in [-0.05, 0) is 28.7 Å². The van der Waals surface area contributed by atoms with Gasteiger partial charge in [0.15, 0.2) is 6.17 Å². The lowest BCUT2D eigenvalue weighted by Gasteiger charge is -2.21. The quantitative estimate of drug-likeness (QED) is 0.484. The van der Waals surface area contributed by atoms with Crippen molar-refractivity contribution >= 4 is 12.2 Å². The molecule has 0 aliphatic carbocycles. The average Bonchev–Trinajstić information content (AvgIpc) is 2.53. The summed E-state index contributed by atoms with van der Waals surface area (Å²) in [6.45, 7) is 0.894. The van der Waals surface area contributed by atoms with Crippen LogP contribution < -0.4 is 0 Å². The number of aliphatic hydroxyl groups is 3. The van der Waals surface area contributed by atoms with Crippen LogP contribution in [0.2, 0.25) is 0 Å². The van der Waals surface area contributed by atoms with Gasteiger partial charge in [0, 0.05) is 5.56 Å². The zero-order chi connectivity index (χ0) is 16.5. The van der Waals surface area contributed by atoms with Gasteiger partial charge in [-0.15, -0.1) is 0 Å². The van der Waals surface area contributed by atoms with Gasteiger partial charge in [-0.2, -0.15) is 9.98 Å². The van der Waals surface area contributed by atoms with Crippen molar-refractivity contribution in [1.29, 1.82) is 0 Å². The number of nitrogens with zero attached hydrogens (tertiary/aromatic N) is 2. The SMILES string of the molecule is CCCc1c(CO)c(CO)cc(CO)c1C(N=C=O)N=C=O. The van der Waals surface area contributed by atoms with E-state index in [4.69, 9.17) is 0 Å². The first-order chi connectivity index (χ1) is 10.7. The molecule has 0 fully saturated rings. The highest BCUT2D eigenvalue weighted by molar-refractivity contribution is 5.50. The molecule has 0 aliphatic rings. The molecular weight excluding hydrogens is 288 g/mol. The molecule has 7 heteroatoms. The number of isocyanates is 2. The lowest BCUT2D eigenvalue weighted by Crippen LogP contribution is -2.11. The fourth-order valence-electron chi connectivity index (χ4n) is 2.51. The molecule has 0 unspecified atom stereocenters. The lowest BCUT2D eigenvalue weighted by molar-refractivity contribution is 0.256. The Labute approximate surface area is 127 Å². The van der Waals surface area contributed by atoms with Gasteiger partial charge in [-0.3, -0.25) is 0 Å². The van der Waals surface area contributed by atoms with Crippen LogP contribution in [-0.2, 0) is 35.8 Å². The molecule has 0 atom stereocenters. The molecule has 0 spiro atoms. The fraction of sp³-hybridized carbons (Fsp3) is 0.467. The first kappa shape index (κ1) is 17.9. The molecule has 0 aliphatic heterocycles. The minimum atomic E-state index is -1.17. The highest BCUT2D eigenvalue weighted by atomic mass is 16.3. The lowest BCUT2D eigenvalue weighted by atomic mass is 9.88. The Morgan fingerprint density at radius 3 is 2.00 bits per heavy atom. The second kappa shape index (κ2) is 9.00. The van der Waals surface area contributed by atoms with Crippen LogP contribution in [0.3, 0.4) is 0 Å². The summed E-state index contributed by atoms with van der Waals surface area (Å²) in [6, 6.07) is 1.51. The summed E-state index contributed by atoms with van der Waals surface area (Å²) in [5.74, 6) is 0. The normalized spacial score (nSPS) is 11.5. The Kier molecular flexibility index (Phi) is 7.32. The van der Waals surface area contributed by atoms with Crippen LogP contribution in [0.25, 0.3) is 0 Å². The topological polar surface area (TPSA) is 120 Å². The number of hydrogen-bond acceptors (Lipinski definition) is 7. The molecule has 22 heavy (non-hydrogen) atoms. The van der Waals surface area contributed by atoms with Crippen molar-refractivity contribution in [3.8, 4) is 0 Å². The molecule has 3 N–H and O–H groups in total. The van der Waals surface area contributed by atoms with Gasteiger partial charge in [0.05, 0.1) is 19.8 Å². The third kappa shape index (κ3) is 3.74. The molecule has 118 valence electrons. The Bertz CT molecular complexity index is 599. The Hall–Kier alpha value is -2.14. The van der Waals surface area contributed by atoms with Gasteiger partial charge in [-0.25, -0.2) is 9.59 Å². The molecule has 0 heterocycles. The Balaban J connectivity index is 3.76. The minimum Gasteiger partial charge on any atom is -0.392 e. The predicted octanol–water partition coefficient (Wildman–Crippen LogP) is 0.786. The van der Waals surface area contributed by atoms with E-state index in [1.807, 2.05) is 6.92 Å². The third-order valence-electron chi connectivity index (χ3n) is 3.38. The van der Waals surface area contributed by atoms with E-state index in [9.17, 15) is 24.9 Å². The summed E-state index contributed by atoms with van der Waals surface area (Å²) < 4.78 is 0. The van der Waals surface area contributed by atoms with E-state index < -0.39 is 6.17 Å². The number of aliphatic imine (C=N–C) groups is 2. The number of benzene rings is 1. The second-order valence-corrected chi connectivity index (χ2v) is 4.60. The van der Waals surface area contributed by atoms with Crippen molar-refractivity contribution in [2.45, 2.75) is 45.8 Å². The molecule has 1 aromatic carbocycles. The van der Waals surface area contributed by atoms with Crippen LogP contribution in [0, 0.1) is 0 Å². The standard InChI is InChI=1S/C15H18N2O5/c1-2-3-12-13(7-20)10(5-18)4-11(6-19)14(12)15(16-8-21)17-9-22/h4,15,18-20H,2-3,5-7H2,1H3. The van der Waals surface area contributed by atoms with Crippen molar-refractivity contribution in [3.05, 3.63) is 33.9 Å². The third-order valence-corrected chi connectivity index (χ3v) is 3.38. The van der Waals surface area contributed by atoms with Crippen LogP contribution in [0.15, 0.2) is 16.1 Å². The molecule has 0 radical (unpaired) electrons. The highest BCUT2D eigenvalue weighted by Crippen LogP contribution is 2.32. The maximum Gasteiger partial charge on any atom is 0.237 e. The molecular formula is C15H18N2O5. The van der Waals surface area contributed by atoms with Gasteiger partial charge in [-0.1, -0.05) is 19.4 Å². The molecule has 0 aromatic heterocycles. The first-order valence-corrected chi connectivity index (χ1v) is 6.81. The smallest absolute Gasteiger partial charge is 0.237 e. The molecule has 0 bridgehead atoms. The van der Waals surface area contributed by atoms with Gasteiger partial charge in [0.25, 0.3) is 0 Å². The second-order valence-electron chi connectivity index (χ2n) is 4.60. The van der Waals surface area contributed by atoms with Crippen LogP contribution in [0.4, 0.5) is 0 Å². The van der Waals surface area contributed by atoms with Crippen LogP contribution in [0.1, 0.15) is 47.3 Å². The van der Waals surface area contributed by atoms with Crippen LogP contribution in [0.5, 0.6) is 0 Å². The average molecular weight is 306 g/mol. The van der Waals surface area contributed by atoms with Crippen molar-refractivity contribution in [1.82, 2.24) is 0 Å². The molecule has 0 saturated heterocycles. The van der Waals surface area contributed by atoms with E-state index in [2.05, 4.69) is 9.98 Å². The molecule has 0 amide bonds. The molecule has 0 saturated carbocycles. The summed E-state index contributed by atoms with van der Waals surface area (Å²) >= 11 is 0. The summed E-state index contributed by atoms with van der Waals surface area (Å²) in [5, 5.41) is 28.6. The zero-order valence-corrected chi connectivity index (χ0v) is 12.2. The Morgan fingerprint density at radius 1 is 1.00 bits per heavy atom. The Morgan fingerprint density at radius 2 is 1.59 bits per heavy atom. The van der Waals surface area contributed by atoms with Gasteiger partial charge < -0.3 is 15.3 Å². The van der Waals surface area contributed by atoms with Gasteiger partial charge in [0.1, 0.15) is 0 Å². The van der Waals surface area contributed by atoms with E-state index >= 15 is 0 Å². The number of rotatable bonds is 8. The minimum absolute atomic E-state index is 0.307. The summed E-state index contributed by atoms with van der Waals surface area (Å²) in [7, 11) is 0. The van der Waals surface area contributed by atoms with Gasteiger partial charge >= 0.3 is 0 Å². The summed E-state index contributed by atoms with van der Waals surface area (Å²) in [5.41, 5.74) is 2.33. The van der Waals surface area contributed by atoms with Crippen molar-refractivity contribution in [3.63, 3.8) is 0 Å². The van der Waals surface area contributed by atoms with Crippen LogP contribution in [-0.4, -0.2) is 27.5 Å². The number of aliphatic hydroxyl groups excluding tert-OH is 3. The van der Waals surface area contributed by atoms with Crippen LogP contribution >= 0.6 is 0 Å². The molecule has 1 rings (SSSR count). The zero-order valence-electron chi connectivity index (χ0n) is 12.2. The molecule has 1 aromatic rings. The predicted molar refractivity (Wildman–Crippen MR) is 77.2 cm³/mol. The van der Waals surface area contributed by atoms with E-state index in [0.29, 0.717) is 40.7 Å². The van der Waals surface area contributed by atoms with E-state index in [-0.39, 0.29) is 19.8 Å². The molecule has 7 nitrogen and oxygen atoms in total. The first-order valence-electron chi connectivity index (χ1n) is 6.81. The fourth-order valence-corrected chi connectivity index (χ4v) is 2.51. The van der Waals surface area contributed by atoms with E-state index in [0.717, 1.165) is 0 Å². The van der Waals surface area contributed by atoms with Crippen molar-refractivity contribution in [2.24, 2.45) is 9.98 Å².